The molecule has 1 unspecified atom stereocenters. The number of urea groups is 1. The van der Waals surface area contributed by atoms with Crippen molar-refractivity contribution in [3.05, 3.63) is 81.5 Å². The van der Waals surface area contributed by atoms with Crippen LogP contribution >= 0.6 is 11.3 Å². The molecule has 1 atom stereocenters. The Bertz CT molecular complexity index is 1450. The third-order valence-corrected chi connectivity index (χ3v) is 8.46. The monoisotopic (exact) mass is 605 g/mol. The first kappa shape index (κ1) is 30.1. The van der Waals surface area contributed by atoms with Crippen molar-refractivity contribution in [3.8, 4) is 0 Å². The van der Waals surface area contributed by atoms with Crippen molar-refractivity contribution in [2.45, 2.75) is 19.4 Å². The van der Waals surface area contributed by atoms with Gasteiger partial charge in [-0.3, -0.25) is 14.4 Å². The number of carbonyl (C=O) groups excluding carboxylic acids is 3. The van der Waals surface area contributed by atoms with Crippen LogP contribution in [0.3, 0.4) is 0 Å². The van der Waals surface area contributed by atoms with E-state index in [1.165, 1.54) is 11.3 Å². The van der Waals surface area contributed by atoms with E-state index in [4.69, 9.17) is 4.74 Å². The van der Waals surface area contributed by atoms with Gasteiger partial charge < -0.3 is 35.2 Å². The van der Waals surface area contributed by atoms with Crippen LogP contribution in [0.2, 0.25) is 0 Å². The lowest BCUT2D eigenvalue weighted by molar-refractivity contribution is -0.137. The first-order chi connectivity index (χ1) is 20.8. The topological polar surface area (TPSA) is 132 Å². The summed E-state index contributed by atoms with van der Waals surface area (Å²) >= 11 is 1.31. The van der Waals surface area contributed by atoms with E-state index in [-0.39, 0.29) is 23.9 Å². The number of aliphatic carboxylic acids is 1. The van der Waals surface area contributed by atoms with E-state index in [9.17, 15) is 24.3 Å². The van der Waals surface area contributed by atoms with Crippen molar-refractivity contribution >= 4 is 46.5 Å². The number of nitrogens with zero attached hydrogens (tertiary/aromatic N) is 3. The summed E-state index contributed by atoms with van der Waals surface area (Å²) in [6.07, 6.45) is -0.275. The molecule has 0 bridgehead atoms. The van der Waals surface area contributed by atoms with Crippen LogP contribution in [0.25, 0.3) is 0 Å². The fourth-order valence-electron chi connectivity index (χ4n) is 5.21. The number of aryl methyl sites for hydroxylation is 1. The number of piperazine rings is 1. The molecule has 11 nitrogen and oxygen atoms in total. The number of anilines is 2. The van der Waals surface area contributed by atoms with Crippen molar-refractivity contribution in [3.63, 3.8) is 0 Å². The molecule has 0 aliphatic carbocycles. The largest absolute Gasteiger partial charge is 0.481 e. The second kappa shape index (κ2) is 13.7. The molecule has 0 radical (unpaired) electrons. The smallest absolute Gasteiger partial charge is 0.320 e. The normalized spacial score (nSPS) is 16.0. The van der Waals surface area contributed by atoms with Crippen LogP contribution in [-0.4, -0.2) is 91.2 Å². The highest BCUT2D eigenvalue weighted by atomic mass is 32.1. The summed E-state index contributed by atoms with van der Waals surface area (Å²) in [5, 5.41) is 17.1. The van der Waals surface area contributed by atoms with E-state index >= 15 is 0 Å². The Kier molecular flexibility index (Phi) is 9.58. The second-order valence-electron chi connectivity index (χ2n) is 10.6. The fourth-order valence-corrected chi connectivity index (χ4v) is 5.82. The quantitative estimate of drug-likeness (QED) is 0.356. The number of morpholine rings is 1. The van der Waals surface area contributed by atoms with Gasteiger partial charge in [0.1, 0.15) is 0 Å². The van der Waals surface area contributed by atoms with Gasteiger partial charge in [0.25, 0.3) is 11.8 Å². The Morgan fingerprint density at radius 2 is 1.60 bits per heavy atom. The summed E-state index contributed by atoms with van der Waals surface area (Å²) in [6, 6.07) is 15.2. The zero-order chi connectivity index (χ0) is 30.3. The van der Waals surface area contributed by atoms with Gasteiger partial charge >= 0.3 is 12.0 Å². The molecule has 3 heterocycles. The maximum atomic E-state index is 13.4. The third-order valence-electron chi connectivity index (χ3n) is 7.59. The van der Waals surface area contributed by atoms with Gasteiger partial charge in [-0.1, -0.05) is 35.9 Å². The average Bonchev–Trinajstić information content (AvgIpc) is 3.57. The molecule has 2 aliphatic heterocycles. The molecule has 0 spiro atoms. The minimum Gasteiger partial charge on any atom is -0.481 e. The molecule has 3 aromatic rings. The number of thiophene rings is 1. The highest BCUT2D eigenvalue weighted by molar-refractivity contribution is 7.12. The highest BCUT2D eigenvalue weighted by Gasteiger charge is 2.28. The number of amides is 4. The molecule has 1 aromatic heterocycles. The third kappa shape index (κ3) is 7.51. The molecule has 0 saturated carbocycles. The molecule has 4 amide bonds. The van der Waals surface area contributed by atoms with Crippen molar-refractivity contribution in [2.24, 2.45) is 0 Å². The highest BCUT2D eigenvalue weighted by Crippen LogP contribution is 2.30. The molecule has 2 saturated heterocycles. The van der Waals surface area contributed by atoms with Crippen LogP contribution in [0.1, 0.15) is 43.6 Å². The van der Waals surface area contributed by atoms with Gasteiger partial charge in [-0.05, 0) is 42.1 Å². The van der Waals surface area contributed by atoms with E-state index in [1.807, 2.05) is 46.4 Å². The first-order valence-electron chi connectivity index (χ1n) is 14.2. The van der Waals surface area contributed by atoms with Gasteiger partial charge in [-0.25, -0.2) is 4.79 Å². The van der Waals surface area contributed by atoms with Crippen LogP contribution in [0, 0.1) is 6.92 Å². The summed E-state index contributed by atoms with van der Waals surface area (Å²) < 4.78 is 5.37. The standard InChI is InChI=1S/C31H35N5O6S/c1-21-4-6-22(7-5-21)24(20-28(37)38)32-29(39)23-8-9-26(25(19-23)33-30(40)27-3-2-18-43-27)34-10-12-35(13-11-34)31(41)36-14-16-42-17-15-36/h2-9,18-19,24H,10-17,20H2,1H3,(H,32,39)(H,33,40)(H,37,38). The van der Waals surface area contributed by atoms with E-state index in [0.717, 1.165) is 11.3 Å². The molecule has 2 fully saturated rings. The fraction of sp³-hybridized carbons (Fsp3) is 0.355. The number of carboxylic acid groups (broad SMARTS) is 1. The lowest BCUT2D eigenvalue weighted by atomic mass is 10.0. The van der Waals surface area contributed by atoms with E-state index in [2.05, 4.69) is 15.5 Å². The number of rotatable bonds is 8. The number of hydrogen-bond donors (Lipinski definition) is 3. The van der Waals surface area contributed by atoms with E-state index in [0.29, 0.717) is 68.6 Å². The van der Waals surface area contributed by atoms with Gasteiger partial charge in [-0.15, -0.1) is 11.3 Å². The van der Waals surface area contributed by atoms with Gasteiger partial charge in [-0.2, -0.15) is 0 Å². The van der Waals surface area contributed by atoms with Crippen LogP contribution in [-0.2, 0) is 9.53 Å². The Hall–Kier alpha value is -4.42. The minimum atomic E-state index is -1.03. The molecule has 43 heavy (non-hydrogen) atoms. The Labute approximate surface area is 254 Å². The molecule has 3 N–H and O–H groups in total. The number of ether oxygens (including phenoxy) is 1. The molecule has 2 aliphatic rings. The summed E-state index contributed by atoms with van der Waals surface area (Å²) in [4.78, 5) is 57.3. The van der Waals surface area contributed by atoms with Crippen LogP contribution in [0.4, 0.5) is 16.2 Å². The number of carboxylic acids is 1. The lowest BCUT2D eigenvalue weighted by Gasteiger charge is -2.39. The Morgan fingerprint density at radius 1 is 0.907 bits per heavy atom. The van der Waals surface area contributed by atoms with Crippen molar-refractivity contribution in [1.82, 2.24) is 15.1 Å². The van der Waals surface area contributed by atoms with E-state index in [1.54, 1.807) is 30.3 Å². The zero-order valence-electron chi connectivity index (χ0n) is 24.0. The summed E-state index contributed by atoms with van der Waals surface area (Å²) in [5.74, 6) is -1.78. The van der Waals surface area contributed by atoms with Crippen LogP contribution in [0.5, 0.6) is 0 Å². The predicted octanol–water partition coefficient (Wildman–Crippen LogP) is 3.83. The molecule has 12 heteroatoms. The average molecular weight is 606 g/mol. The maximum Gasteiger partial charge on any atom is 0.320 e. The predicted molar refractivity (Wildman–Crippen MR) is 164 cm³/mol. The van der Waals surface area contributed by atoms with Crippen LogP contribution in [0.15, 0.2) is 60.0 Å². The van der Waals surface area contributed by atoms with Crippen molar-refractivity contribution in [1.29, 1.82) is 0 Å². The number of benzene rings is 2. The number of carbonyl (C=O) groups is 4. The summed E-state index contributed by atoms with van der Waals surface area (Å²) in [6.45, 7) is 6.33. The summed E-state index contributed by atoms with van der Waals surface area (Å²) in [5.41, 5.74) is 3.20. The van der Waals surface area contributed by atoms with Gasteiger partial charge in [0.05, 0.1) is 41.9 Å². The van der Waals surface area contributed by atoms with Crippen molar-refractivity contribution < 1.29 is 29.0 Å². The molecular weight excluding hydrogens is 570 g/mol. The van der Waals surface area contributed by atoms with Gasteiger partial charge in [0.15, 0.2) is 0 Å². The molecular formula is C31H35N5O6S. The maximum absolute atomic E-state index is 13.4. The summed E-state index contributed by atoms with van der Waals surface area (Å²) in [7, 11) is 0. The molecule has 226 valence electrons. The molecule has 2 aromatic carbocycles. The number of nitrogens with one attached hydrogen (secondary N) is 2. The van der Waals surface area contributed by atoms with Crippen LogP contribution < -0.4 is 15.5 Å². The number of hydrogen-bond acceptors (Lipinski definition) is 7. The van der Waals surface area contributed by atoms with Gasteiger partial charge in [0, 0.05) is 44.8 Å². The SMILES string of the molecule is Cc1ccc(C(CC(=O)O)NC(=O)c2ccc(N3CCN(C(=O)N4CCOCC4)CC3)c(NC(=O)c3cccs3)c2)cc1. The van der Waals surface area contributed by atoms with E-state index < -0.39 is 17.9 Å². The second-order valence-corrected chi connectivity index (χ2v) is 11.5. The van der Waals surface area contributed by atoms with Gasteiger partial charge in [0.2, 0.25) is 0 Å². The Morgan fingerprint density at radius 3 is 2.26 bits per heavy atom. The first-order valence-corrected chi connectivity index (χ1v) is 15.1. The lowest BCUT2D eigenvalue weighted by Crippen LogP contribution is -2.54. The zero-order valence-corrected chi connectivity index (χ0v) is 24.8. The Balaban J connectivity index is 1.35. The molecule has 5 rings (SSSR count). The minimum absolute atomic E-state index is 0.00526. The van der Waals surface area contributed by atoms with Crippen molar-refractivity contribution in [2.75, 3.05) is 62.7 Å².